The highest BCUT2D eigenvalue weighted by molar-refractivity contribution is 5.98. The summed E-state index contributed by atoms with van der Waals surface area (Å²) in [5.41, 5.74) is 5.44. The number of unbranched alkanes of at least 4 members (excludes halogenated alkanes) is 4. The molecule has 11 heteroatoms. The number of benzene rings is 3. The topological polar surface area (TPSA) is 159 Å². The number of carboxylic acids is 1. The molecule has 2 amide bonds. The number of aliphatic carboxylic acids is 1. The van der Waals surface area contributed by atoms with Crippen LogP contribution in [0.1, 0.15) is 86.0 Å². The van der Waals surface area contributed by atoms with Gasteiger partial charge < -0.3 is 25.5 Å². The second-order valence-electron chi connectivity index (χ2n) is 13.5. The standard InChI is InChI=1S/C42H48N6O5/c1-4-5-6-7-8-21-53-36-19-17-31(18-20-36)34-24-44-39(45-25-34)32-11-9-29(10-12-32)22-37(47-40(49)33-15-13-30(14-16-33)28(2)3)41(50)48-38(42(51)52)23-35-26-43-27-46-35/h9-20,24-28,37-38H,4-8,21-23H2,1-3H3,(H,43,46)(H,47,49)(H,48,50)(H,51,52)/t37-,38+/m0/s1. The van der Waals surface area contributed by atoms with E-state index in [1.807, 2.05) is 60.7 Å². The van der Waals surface area contributed by atoms with Gasteiger partial charge in [0.05, 0.1) is 12.9 Å². The summed E-state index contributed by atoms with van der Waals surface area (Å²) in [5.74, 6) is -0.574. The van der Waals surface area contributed by atoms with Gasteiger partial charge in [0.25, 0.3) is 5.91 Å². The van der Waals surface area contributed by atoms with Crippen molar-refractivity contribution in [3.63, 3.8) is 0 Å². The zero-order valence-corrected chi connectivity index (χ0v) is 30.5. The van der Waals surface area contributed by atoms with Crippen LogP contribution < -0.4 is 15.4 Å². The molecule has 2 atom stereocenters. The summed E-state index contributed by atoms with van der Waals surface area (Å²) in [6.07, 6.45) is 12.6. The number of carboxylic acid groups (broad SMARTS) is 1. The average molecular weight is 717 g/mol. The second-order valence-corrected chi connectivity index (χ2v) is 13.5. The first-order chi connectivity index (χ1) is 25.7. The molecule has 11 nitrogen and oxygen atoms in total. The lowest BCUT2D eigenvalue weighted by Crippen LogP contribution is -2.53. The summed E-state index contributed by atoms with van der Waals surface area (Å²) in [5, 5.41) is 15.3. The highest BCUT2D eigenvalue weighted by Gasteiger charge is 2.28. The average Bonchev–Trinajstić information content (AvgIpc) is 3.69. The van der Waals surface area contributed by atoms with Crippen LogP contribution in [0.15, 0.2) is 97.7 Å². The number of ether oxygens (including phenoxy) is 1. The predicted molar refractivity (Wildman–Crippen MR) is 205 cm³/mol. The van der Waals surface area contributed by atoms with E-state index >= 15 is 0 Å². The van der Waals surface area contributed by atoms with Crippen LogP contribution in [0.5, 0.6) is 5.75 Å². The third-order valence-corrected chi connectivity index (χ3v) is 9.06. The third kappa shape index (κ3) is 11.3. The number of hydrogen-bond donors (Lipinski definition) is 4. The minimum absolute atomic E-state index is 0.00483. The van der Waals surface area contributed by atoms with Gasteiger partial charge in [0.15, 0.2) is 5.82 Å². The molecule has 0 fully saturated rings. The van der Waals surface area contributed by atoms with Crippen LogP contribution >= 0.6 is 0 Å². The number of imidazole rings is 1. The number of carbonyl (C=O) groups is 3. The largest absolute Gasteiger partial charge is 0.494 e. The number of H-pyrrole nitrogens is 1. The summed E-state index contributed by atoms with van der Waals surface area (Å²) in [4.78, 5) is 55.0. The van der Waals surface area contributed by atoms with Gasteiger partial charge >= 0.3 is 5.97 Å². The summed E-state index contributed by atoms with van der Waals surface area (Å²) in [6, 6.07) is 20.3. The number of nitrogens with zero attached hydrogens (tertiary/aromatic N) is 3. The Morgan fingerprint density at radius 1 is 0.755 bits per heavy atom. The van der Waals surface area contributed by atoms with E-state index in [1.165, 1.54) is 38.2 Å². The molecular formula is C42H48N6O5. The molecule has 0 radical (unpaired) electrons. The Morgan fingerprint density at radius 2 is 1.43 bits per heavy atom. The van der Waals surface area contributed by atoms with Gasteiger partial charge in [0.2, 0.25) is 5.91 Å². The highest BCUT2D eigenvalue weighted by Crippen LogP contribution is 2.24. The van der Waals surface area contributed by atoms with E-state index < -0.39 is 29.9 Å². The van der Waals surface area contributed by atoms with E-state index in [0.717, 1.165) is 40.0 Å². The van der Waals surface area contributed by atoms with Crippen molar-refractivity contribution in [2.75, 3.05) is 6.61 Å². The number of carbonyl (C=O) groups excluding carboxylic acids is 2. The highest BCUT2D eigenvalue weighted by atomic mass is 16.5. The van der Waals surface area contributed by atoms with E-state index in [9.17, 15) is 19.5 Å². The summed E-state index contributed by atoms with van der Waals surface area (Å²) in [7, 11) is 0. The fourth-order valence-electron chi connectivity index (χ4n) is 5.85. The van der Waals surface area contributed by atoms with Crippen molar-refractivity contribution < 1.29 is 24.2 Å². The van der Waals surface area contributed by atoms with Gasteiger partial charge in [-0.05, 0) is 53.3 Å². The Morgan fingerprint density at radius 3 is 2.06 bits per heavy atom. The van der Waals surface area contributed by atoms with E-state index in [1.54, 1.807) is 24.5 Å². The minimum atomic E-state index is -1.23. The molecule has 0 aliphatic heterocycles. The molecule has 2 heterocycles. The van der Waals surface area contributed by atoms with Crippen LogP contribution in [0.3, 0.4) is 0 Å². The van der Waals surface area contributed by atoms with Crippen molar-refractivity contribution in [3.8, 4) is 28.3 Å². The van der Waals surface area contributed by atoms with Crippen molar-refractivity contribution >= 4 is 17.8 Å². The number of nitrogens with one attached hydrogen (secondary N) is 3. The van der Waals surface area contributed by atoms with Crippen molar-refractivity contribution in [1.82, 2.24) is 30.6 Å². The second kappa shape index (κ2) is 19.1. The fourth-order valence-corrected chi connectivity index (χ4v) is 5.85. The molecule has 0 saturated heterocycles. The maximum absolute atomic E-state index is 13.6. The van der Waals surface area contributed by atoms with E-state index in [4.69, 9.17) is 4.74 Å². The SMILES string of the molecule is CCCCCCCOc1ccc(-c2cnc(-c3ccc(C[C@H](NC(=O)c4ccc(C(C)C)cc4)C(=O)N[C@H](Cc4cnc[nH]4)C(=O)O)cc3)nc2)cc1. The van der Waals surface area contributed by atoms with Gasteiger partial charge in [-0.15, -0.1) is 0 Å². The third-order valence-electron chi connectivity index (χ3n) is 9.06. The first kappa shape index (κ1) is 38.4. The lowest BCUT2D eigenvalue weighted by molar-refractivity contribution is -0.142. The lowest BCUT2D eigenvalue weighted by atomic mass is 10.0. The van der Waals surface area contributed by atoms with Crippen LogP contribution in [-0.4, -0.2) is 61.5 Å². The molecule has 53 heavy (non-hydrogen) atoms. The van der Waals surface area contributed by atoms with Crippen molar-refractivity contribution in [2.24, 2.45) is 0 Å². The number of hydrogen-bond acceptors (Lipinski definition) is 7. The molecule has 3 aromatic carbocycles. The first-order valence-corrected chi connectivity index (χ1v) is 18.3. The molecule has 0 unspecified atom stereocenters. The van der Waals surface area contributed by atoms with Crippen molar-refractivity contribution in [3.05, 3.63) is 120 Å². The molecule has 0 aliphatic carbocycles. The van der Waals surface area contributed by atoms with Crippen molar-refractivity contribution in [1.29, 1.82) is 0 Å². The Bertz CT molecular complexity index is 1890. The van der Waals surface area contributed by atoms with Crippen LogP contribution in [0, 0.1) is 0 Å². The first-order valence-electron chi connectivity index (χ1n) is 18.3. The minimum Gasteiger partial charge on any atom is -0.494 e. The summed E-state index contributed by atoms with van der Waals surface area (Å²) in [6.45, 7) is 7.06. The van der Waals surface area contributed by atoms with Gasteiger partial charge in [-0.25, -0.2) is 19.7 Å². The molecule has 5 rings (SSSR count). The zero-order chi connectivity index (χ0) is 37.6. The monoisotopic (exact) mass is 716 g/mol. The quantitative estimate of drug-likeness (QED) is 0.0656. The van der Waals surface area contributed by atoms with Crippen LogP contribution in [0.4, 0.5) is 0 Å². The maximum atomic E-state index is 13.6. The maximum Gasteiger partial charge on any atom is 0.326 e. The van der Waals surface area contributed by atoms with E-state index in [0.29, 0.717) is 29.6 Å². The molecule has 0 aliphatic rings. The Labute approximate surface area is 310 Å². The fraction of sp³-hybridized carbons (Fsp3) is 0.333. The lowest BCUT2D eigenvalue weighted by Gasteiger charge is -2.22. The Balaban J connectivity index is 1.25. The summed E-state index contributed by atoms with van der Waals surface area (Å²) >= 11 is 0. The molecular weight excluding hydrogens is 668 g/mol. The normalized spacial score (nSPS) is 12.2. The number of aromatic amines is 1. The van der Waals surface area contributed by atoms with Gasteiger partial charge in [-0.3, -0.25) is 9.59 Å². The number of aromatic nitrogens is 4. The van der Waals surface area contributed by atoms with Crippen LogP contribution in [-0.2, 0) is 22.4 Å². The molecule has 0 bridgehead atoms. The predicted octanol–water partition coefficient (Wildman–Crippen LogP) is 7.16. The smallest absolute Gasteiger partial charge is 0.326 e. The summed E-state index contributed by atoms with van der Waals surface area (Å²) < 4.78 is 5.90. The van der Waals surface area contributed by atoms with E-state index in [-0.39, 0.29) is 12.8 Å². The number of rotatable bonds is 19. The number of amides is 2. The Kier molecular flexibility index (Phi) is 13.9. The van der Waals surface area contributed by atoms with Gasteiger partial charge in [-0.1, -0.05) is 95.0 Å². The van der Waals surface area contributed by atoms with Gasteiger partial charge in [0.1, 0.15) is 17.8 Å². The molecule has 2 aromatic heterocycles. The van der Waals surface area contributed by atoms with Crippen LogP contribution in [0.25, 0.3) is 22.5 Å². The van der Waals surface area contributed by atoms with Gasteiger partial charge in [0, 0.05) is 53.8 Å². The molecule has 0 saturated carbocycles. The molecule has 0 spiro atoms. The van der Waals surface area contributed by atoms with E-state index in [2.05, 4.69) is 51.3 Å². The van der Waals surface area contributed by atoms with Gasteiger partial charge in [-0.2, -0.15) is 0 Å². The van der Waals surface area contributed by atoms with Crippen LogP contribution in [0.2, 0.25) is 0 Å². The molecule has 4 N–H and O–H groups in total. The molecule has 276 valence electrons. The Hall–Kier alpha value is -5.84. The molecule has 5 aromatic rings. The zero-order valence-electron chi connectivity index (χ0n) is 30.5. The van der Waals surface area contributed by atoms with Crippen molar-refractivity contribution in [2.45, 2.75) is 83.7 Å².